The predicted molar refractivity (Wildman–Crippen MR) is 142 cm³/mol. The summed E-state index contributed by atoms with van der Waals surface area (Å²) in [7, 11) is 0. The fourth-order valence-corrected chi connectivity index (χ4v) is 6.58. The van der Waals surface area contributed by atoms with E-state index in [1.165, 1.54) is 45.6 Å². The number of thiophene rings is 1. The number of nitrogens with zero attached hydrogens (tertiary/aromatic N) is 1. The maximum Gasteiger partial charge on any atom is 0.116 e. The zero-order chi connectivity index (χ0) is 22.9. The second kappa shape index (κ2) is 9.25. The molecule has 3 heteroatoms. The molecule has 3 heterocycles. The topological polar surface area (TPSA) is 23.5 Å². The van der Waals surface area contributed by atoms with E-state index in [1.807, 2.05) is 12.1 Å². The first-order valence-corrected chi connectivity index (χ1v) is 13.1. The van der Waals surface area contributed by atoms with E-state index in [0.717, 1.165) is 24.9 Å². The molecular weight excluding hydrogens is 434 g/mol. The Morgan fingerprint density at radius 3 is 2.24 bits per heavy atom. The summed E-state index contributed by atoms with van der Waals surface area (Å²) in [5, 5.41) is 12.4. The van der Waals surface area contributed by atoms with Crippen LogP contribution in [0.1, 0.15) is 42.4 Å². The normalized spacial score (nSPS) is 19.9. The van der Waals surface area contributed by atoms with Crippen LogP contribution in [0, 0.1) is 0 Å². The molecule has 2 nitrogen and oxygen atoms in total. The first kappa shape index (κ1) is 21.4. The van der Waals surface area contributed by atoms with Gasteiger partial charge < -0.3 is 5.11 Å². The lowest BCUT2D eigenvalue weighted by Crippen LogP contribution is -2.40. The van der Waals surface area contributed by atoms with Gasteiger partial charge in [-0.25, -0.2) is 0 Å². The molecule has 2 saturated heterocycles. The Morgan fingerprint density at radius 1 is 0.794 bits per heavy atom. The van der Waals surface area contributed by atoms with Crippen LogP contribution in [0.15, 0.2) is 102 Å². The minimum atomic E-state index is 0.329. The molecule has 2 aliphatic heterocycles. The van der Waals surface area contributed by atoms with Crippen molar-refractivity contribution in [2.24, 2.45) is 0 Å². The van der Waals surface area contributed by atoms with Gasteiger partial charge in [0.1, 0.15) is 5.75 Å². The number of phenols is 1. The predicted octanol–water partition coefficient (Wildman–Crippen LogP) is 7.75. The first-order chi connectivity index (χ1) is 16.7. The molecule has 3 aromatic carbocycles. The van der Waals surface area contributed by atoms with Crippen LogP contribution < -0.4 is 0 Å². The van der Waals surface area contributed by atoms with Gasteiger partial charge in [-0.2, -0.15) is 0 Å². The maximum absolute atomic E-state index is 10.3. The molecule has 2 aliphatic rings. The van der Waals surface area contributed by atoms with Crippen LogP contribution in [0.2, 0.25) is 0 Å². The maximum atomic E-state index is 10.3. The zero-order valence-corrected chi connectivity index (χ0v) is 20.0. The molecule has 170 valence electrons. The molecule has 0 saturated carbocycles. The Labute approximate surface area is 205 Å². The van der Waals surface area contributed by atoms with E-state index in [4.69, 9.17) is 0 Å². The Balaban J connectivity index is 1.36. The van der Waals surface area contributed by atoms with Gasteiger partial charge in [-0.15, -0.1) is 11.3 Å². The Bertz CT molecular complexity index is 1280. The molecule has 0 aliphatic carbocycles. The van der Waals surface area contributed by atoms with Gasteiger partial charge in [0.15, 0.2) is 0 Å². The number of fused-ring (bicyclic) bond motifs is 2. The number of hydrogen-bond donors (Lipinski definition) is 1. The third-order valence-corrected chi connectivity index (χ3v) is 8.33. The molecule has 0 spiro atoms. The van der Waals surface area contributed by atoms with Crippen LogP contribution in [0.25, 0.3) is 16.0 Å². The molecule has 34 heavy (non-hydrogen) atoms. The van der Waals surface area contributed by atoms with E-state index >= 15 is 0 Å². The van der Waals surface area contributed by atoms with E-state index in [9.17, 15) is 5.11 Å². The van der Waals surface area contributed by atoms with Crippen LogP contribution in [0.3, 0.4) is 0 Å². The summed E-state index contributed by atoms with van der Waals surface area (Å²) in [6, 6.07) is 33.1. The number of aromatic hydroxyl groups is 1. The molecule has 1 aromatic heterocycles. The smallest absolute Gasteiger partial charge is 0.116 e. The van der Waals surface area contributed by atoms with E-state index in [-0.39, 0.29) is 0 Å². The number of phenolic OH excluding ortho intramolecular Hbond substituents is 1. The van der Waals surface area contributed by atoms with Crippen molar-refractivity contribution >= 4 is 16.9 Å². The highest BCUT2D eigenvalue weighted by atomic mass is 32.1. The molecule has 0 radical (unpaired) electrons. The monoisotopic (exact) mass is 463 g/mol. The van der Waals surface area contributed by atoms with Crippen LogP contribution in [0.4, 0.5) is 0 Å². The van der Waals surface area contributed by atoms with Crippen LogP contribution >= 0.6 is 11.3 Å². The molecule has 4 aromatic rings. The quantitative estimate of drug-likeness (QED) is 0.327. The number of hydrogen-bond acceptors (Lipinski definition) is 3. The number of benzene rings is 3. The second-order valence-corrected chi connectivity index (χ2v) is 10.5. The summed E-state index contributed by atoms with van der Waals surface area (Å²) < 4.78 is 0. The Kier molecular flexibility index (Phi) is 5.82. The van der Waals surface area contributed by atoms with Gasteiger partial charge in [0.25, 0.3) is 0 Å². The van der Waals surface area contributed by atoms with Gasteiger partial charge in [-0.05, 0) is 77.1 Å². The zero-order valence-electron chi connectivity index (χ0n) is 19.2. The van der Waals surface area contributed by atoms with Gasteiger partial charge in [-0.3, -0.25) is 4.90 Å². The Morgan fingerprint density at radius 2 is 1.56 bits per heavy atom. The van der Waals surface area contributed by atoms with Gasteiger partial charge in [-0.1, -0.05) is 78.4 Å². The van der Waals surface area contributed by atoms with Crippen molar-refractivity contribution in [2.75, 3.05) is 0 Å². The standard InChI is InChI=1S/C31H29NOS/c33-29-9-4-8-25(20-29)31(24-13-11-23(12-14-24)30-10-5-17-34-30)26-18-27-15-16-28(19-26)32(27)21-22-6-2-1-3-7-22/h1-14,17,20,27-28,33H,15-16,18-19,21H2. The highest BCUT2D eigenvalue weighted by Crippen LogP contribution is 2.44. The van der Waals surface area contributed by atoms with Gasteiger partial charge >= 0.3 is 0 Å². The lowest BCUT2D eigenvalue weighted by Gasteiger charge is -2.37. The van der Waals surface area contributed by atoms with Crippen molar-refractivity contribution in [3.63, 3.8) is 0 Å². The first-order valence-electron chi connectivity index (χ1n) is 12.2. The molecule has 2 atom stereocenters. The van der Waals surface area contributed by atoms with Gasteiger partial charge in [0, 0.05) is 23.5 Å². The van der Waals surface area contributed by atoms with Crippen LogP contribution in [-0.4, -0.2) is 22.1 Å². The molecule has 2 fully saturated rings. The Hall–Kier alpha value is -3.14. The van der Waals surface area contributed by atoms with E-state index in [1.54, 1.807) is 17.4 Å². The summed E-state index contributed by atoms with van der Waals surface area (Å²) in [5.41, 5.74) is 7.88. The fourth-order valence-electron chi connectivity index (χ4n) is 5.84. The van der Waals surface area contributed by atoms with Crippen molar-refractivity contribution < 1.29 is 5.11 Å². The number of rotatable bonds is 5. The third-order valence-electron chi connectivity index (χ3n) is 7.41. The molecule has 2 unspecified atom stereocenters. The van der Waals surface area contributed by atoms with Gasteiger partial charge in [0.05, 0.1) is 0 Å². The second-order valence-electron chi connectivity index (χ2n) is 9.53. The largest absolute Gasteiger partial charge is 0.508 e. The van der Waals surface area contributed by atoms with Crippen molar-refractivity contribution in [2.45, 2.75) is 44.3 Å². The fraction of sp³-hybridized carbons (Fsp3) is 0.226. The van der Waals surface area contributed by atoms with Crippen LogP contribution in [-0.2, 0) is 6.54 Å². The van der Waals surface area contributed by atoms with Gasteiger partial charge in [0.2, 0.25) is 0 Å². The summed E-state index contributed by atoms with van der Waals surface area (Å²) in [5.74, 6) is 0.329. The molecule has 1 N–H and O–H groups in total. The lowest BCUT2D eigenvalue weighted by atomic mass is 9.85. The average molecular weight is 464 g/mol. The number of piperidine rings is 1. The van der Waals surface area contributed by atoms with E-state index < -0.39 is 0 Å². The van der Waals surface area contributed by atoms with E-state index in [0.29, 0.717) is 17.8 Å². The van der Waals surface area contributed by atoms with Crippen molar-refractivity contribution in [3.8, 4) is 16.2 Å². The molecule has 6 rings (SSSR count). The van der Waals surface area contributed by atoms with Crippen molar-refractivity contribution in [1.82, 2.24) is 4.90 Å². The third kappa shape index (κ3) is 4.22. The summed E-state index contributed by atoms with van der Waals surface area (Å²) in [6.45, 7) is 1.04. The minimum absolute atomic E-state index is 0.329. The summed E-state index contributed by atoms with van der Waals surface area (Å²) in [6.07, 6.45) is 4.74. The molecule has 0 amide bonds. The van der Waals surface area contributed by atoms with Crippen molar-refractivity contribution in [1.29, 1.82) is 0 Å². The summed E-state index contributed by atoms with van der Waals surface area (Å²) >= 11 is 1.78. The SMILES string of the molecule is Oc1cccc(C(=C2CC3CCC(C2)N3Cc2ccccc2)c2ccc(-c3cccs3)cc2)c1. The van der Waals surface area contributed by atoms with Crippen molar-refractivity contribution in [3.05, 3.63) is 119 Å². The molecule has 2 bridgehead atoms. The lowest BCUT2D eigenvalue weighted by molar-refractivity contribution is 0.158. The minimum Gasteiger partial charge on any atom is -0.508 e. The van der Waals surface area contributed by atoms with Crippen LogP contribution in [0.5, 0.6) is 5.75 Å². The molecular formula is C31H29NOS. The van der Waals surface area contributed by atoms with E-state index in [2.05, 4.69) is 83.1 Å². The average Bonchev–Trinajstić information content (AvgIpc) is 3.47. The summed E-state index contributed by atoms with van der Waals surface area (Å²) in [4.78, 5) is 4.03. The highest BCUT2D eigenvalue weighted by molar-refractivity contribution is 7.13. The highest BCUT2D eigenvalue weighted by Gasteiger charge is 2.39.